The van der Waals surface area contributed by atoms with Gasteiger partial charge >= 0.3 is 0 Å². The molecule has 0 unspecified atom stereocenters. The predicted octanol–water partition coefficient (Wildman–Crippen LogP) is 2.68. The fraction of sp³-hybridized carbons (Fsp3) is 0.263. The number of amides is 2. The molecule has 26 heavy (non-hydrogen) atoms. The van der Waals surface area contributed by atoms with Crippen LogP contribution in [0.25, 0.3) is 0 Å². The first-order valence-corrected chi connectivity index (χ1v) is 9.80. The fourth-order valence-corrected chi connectivity index (χ4v) is 3.93. The second kappa shape index (κ2) is 6.92. The summed E-state index contributed by atoms with van der Waals surface area (Å²) in [6, 6.07) is 10.9. The van der Waals surface area contributed by atoms with Crippen LogP contribution in [0.2, 0.25) is 0 Å². The average molecular weight is 372 g/mol. The Balaban J connectivity index is 2.02. The molecule has 1 aliphatic rings. The van der Waals surface area contributed by atoms with Gasteiger partial charge in [0.05, 0.1) is 15.5 Å². The highest BCUT2D eigenvalue weighted by atomic mass is 32.2. The number of rotatable bonds is 5. The highest BCUT2D eigenvalue weighted by Gasteiger charge is 2.26. The van der Waals surface area contributed by atoms with E-state index < -0.39 is 15.7 Å². The van der Waals surface area contributed by atoms with Crippen molar-refractivity contribution in [2.45, 2.75) is 42.5 Å². The van der Waals surface area contributed by atoms with E-state index in [9.17, 15) is 18.0 Å². The van der Waals surface area contributed by atoms with Gasteiger partial charge in [0, 0.05) is 18.5 Å². The van der Waals surface area contributed by atoms with Crippen LogP contribution in [0.5, 0.6) is 0 Å². The van der Waals surface area contributed by atoms with E-state index in [0.29, 0.717) is 5.56 Å². The molecule has 1 aliphatic carbocycles. The van der Waals surface area contributed by atoms with Gasteiger partial charge in [-0.2, -0.15) is 0 Å². The zero-order chi connectivity index (χ0) is 18.9. The van der Waals surface area contributed by atoms with Gasteiger partial charge in [0.2, 0.25) is 15.7 Å². The molecule has 2 aromatic carbocycles. The van der Waals surface area contributed by atoms with Crippen LogP contribution in [0.15, 0.2) is 52.3 Å². The van der Waals surface area contributed by atoms with Gasteiger partial charge < -0.3 is 10.6 Å². The van der Waals surface area contributed by atoms with Crippen molar-refractivity contribution in [3.63, 3.8) is 0 Å². The number of sulfone groups is 1. The van der Waals surface area contributed by atoms with Crippen LogP contribution in [0.1, 0.15) is 35.7 Å². The molecule has 0 heterocycles. The lowest BCUT2D eigenvalue weighted by molar-refractivity contribution is -0.114. The molecule has 1 saturated carbocycles. The standard InChI is InChI=1S/C19H20N2O4S/c1-12-3-8-16(9-4-12)26(24,25)18-10-5-14(11-17(18)20-13(2)22)19(23)21-15-6-7-15/h3-5,8-11,15H,6-7H2,1-2H3,(H,20,22)(H,21,23). The van der Waals surface area contributed by atoms with E-state index in [0.717, 1.165) is 18.4 Å². The number of carbonyl (C=O) groups is 2. The highest BCUT2D eigenvalue weighted by molar-refractivity contribution is 7.91. The molecule has 0 atom stereocenters. The first-order valence-electron chi connectivity index (χ1n) is 8.31. The van der Waals surface area contributed by atoms with Crippen molar-refractivity contribution in [2.75, 3.05) is 5.32 Å². The number of carbonyl (C=O) groups excluding carboxylic acids is 2. The minimum absolute atomic E-state index is 0.0421. The summed E-state index contributed by atoms with van der Waals surface area (Å²) in [7, 11) is -3.83. The van der Waals surface area contributed by atoms with E-state index in [-0.39, 0.29) is 27.4 Å². The van der Waals surface area contributed by atoms with Crippen molar-refractivity contribution in [2.24, 2.45) is 0 Å². The number of hydrogen-bond donors (Lipinski definition) is 2. The summed E-state index contributed by atoms with van der Waals surface area (Å²) in [5.41, 5.74) is 1.35. The zero-order valence-electron chi connectivity index (χ0n) is 14.6. The van der Waals surface area contributed by atoms with Crippen molar-refractivity contribution >= 4 is 27.3 Å². The third-order valence-corrected chi connectivity index (χ3v) is 5.91. The van der Waals surface area contributed by atoms with Crippen molar-refractivity contribution in [1.82, 2.24) is 5.32 Å². The van der Waals surface area contributed by atoms with E-state index >= 15 is 0 Å². The topological polar surface area (TPSA) is 92.3 Å². The van der Waals surface area contributed by atoms with Crippen molar-refractivity contribution < 1.29 is 18.0 Å². The van der Waals surface area contributed by atoms with Crippen molar-refractivity contribution in [3.05, 3.63) is 53.6 Å². The molecule has 0 aliphatic heterocycles. The van der Waals surface area contributed by atoms with E-state index in [2.05, 4.69) is 10.6 Å². The van der Waals surface area contributed by atoms with Gasteiger partial charge in [-0.1, -0.05) is 17.7 Å². The van der Waals surface area contributed by atoms with Crippen LogP contribution in [-0.4, -0.2) is 26.3 Å². The summed E-state index contributed by atoms with van der Waals surface area (Å²) in [5, 5.41) is 5.37. The van der Waals surface area contributed by atoms with E-state index in [1.807, 2.05) is 6.92 Å². The Hall–Kier alpha value is -2.67. The van der Waals surface area contributed by atoms with Crippen LogP contribution >= 0.6 is 0 Å². The Morgan fingerprint density at radius 3 is 2.27 bits per heavy atom. The first kappa shape index (κ1) is 18.1. The Morgan fingerprint density at radius 2 is 1.69 bits per heavy atom. The van der Waals surface area contributed by atoms with Crippen LogP contribution in [0, 0.1) is 6.92 Å². The minimum Gasteiger partial charge on any atom is -0.349 e. The zero-order valence-corrected chi connectivity index (χ0v) is 15.4. The number of nitrogens with one attached hydrogen (secondary N) is 2. The number of benzene rings is 2. The van der Waals surface area contributed by atoms with Gasteiger partial charge in [0.25, 0.3) is 5.91 Å². The van der Waals surface area contributed by atoms with Crippen LogP contribution in [0.3, 0.4) is 0 Å². The predicted molar refractivity (Wildman–Crippen MR) is 97.9 cm³/mol. The lowest BCUT2D eigenvalue weighted by Crippen LogP contribution is -2.25. The molecule has 6 nitrogen and oxygen atoms in total. The number of anilines is 1. The van der Waals surface area contributed by atoms with Crippen LogP contribution in [0.4, 0.5) is 5.69 Å². The molecule has 0 aromatic heterocycles. The smallest absolute Gasteiger partial charge is 0.251 e. The van der Waals surface area contributed by atoms with Crippen LogP contribution < -0.4 is 10.6 Å². The molecule has 136 valence electrons. The maximum absolute atomic E-state index is 13.0. The summed E-state index contributed by atoms with van der Waals surface area (Å²) >= 11 is 0. The average Bonchev–Trinajstić information content (AvgIpc) is 3.38. The van der Waals surface area contributed by atoms with Crippen molar-refractivity contribution in [3.8, 4) is 0 Å². The molecule has 2 amide bonds. The summed E-state index contributed by atoms with van der Waals surface area (Å²) in [6.07, 6.45) is 1.90. The quantitative estimate of drug-likeness (QED) is 0.844. The summed E-state index contributed by atoms with van der Waals surface area (Å²) in [4.78, 5) is 23.9. The lowest BCUT2D eigenvalue weighted by atomic mass is 10.2. The Kier molecular flexibility index (Phi) is 4.82. The van der Waals surface area contributed by atoms with Gasteiger partial charge in [-0.15, -0.1) is 0 Å². The van der Waals surface area contributed by atoms with Gasteiger partial charge in [0.1, 0.15) is 0 Å². The molecule has 0 bridgehead atoms. The third-order valence-electron chi connectivity index (χ3n) is 4.09. The maximum atomic E-state index is 13.0. The number of aryl methyl sites for hydroxylation is 1. The molecule has 7 heteroatoms. The molecule has 0 spiro atoms. The molecule has 0 radical (unpaired) electrons. The van der Waals surface area contributed by atoms with E-state index in [4.69, 9.17) is 0 Å². The second-order valence-corrected chi connectivity index (χ2v) is 8.37. The normalized spacial score (nSPS) is 13.9. The largest absolute Gasteiger partial charge is 0.349 e. The number of hydrogen-bond acceptors (Lipinski definition) is 4. The monoisotopic (exact) mass is 372 g/mol. The van der Waals surface area contributed by atoms with E-state index in [1.54, 1.807) is 12.1 Å². The minimum atomic E-state index is -3.83. The lowest BCUT2D eigenvalue weighted by Gasteiger charge is -2.13. The van der Waals surface area contributed by atoms with E-state index in [1.165, 1.54) is 37.3 Å². The molecule has 1 fully saturated rings. The van der Waals surface area contributed by atoms with Gasteiger partial charge in [0.15, 0.2) is 0 Å². The molecular weight excluding hydrogens is 352 g/mol. The Morgan fingerprint density at radius 1 is 1.04 bits per heavy atom. The van der Waals surface area contributed by atoms with Gasteiger partial charge in [-0.25, -0.2) is 8.42 Å². The first-order chi connectivity index (χ1) is 12.3. The van der Waals surface area contributed by atoms with Crippen LogP contribution in [-0.2, 0) is 14.6 Å². The summed E-state index contributed by atoms with van der Waals surface area (Å²) < 4.78 is 25.9. The molecule has 2 N–H and O–H groups in total. The highest BCUT2D eigenvalue weighted by Crippen LogP contribution is 2.29. The van der Waals surface area contributed by atoms with Crippen molar-refractivity contribution in [1.29, 1.82) is 0 Å². The SMILES string of the molecule is CC(=O)Nc1cc(C(=O)NC2CC2)ccc1S(=O)(=O)c1ccc(C)cc1. The van der Waals surface area contributed by atoms with Gasteiger partial charge in [-0.3, -0.25) is 9.59 Å². The Bertz CT molecular complexity index is 962. The van der Waals surface area contributed by atoms with Gasteiger partial charge in [-0.05, 0) is 50.1 Å². The second-order valence-electron chi connectivity index (χ2n) is 6.46. The molecular formula is C19H20N2O4S. The Labute approximate surface area is 152 Å². The fourth-order valence-electron chi connectivity index (χ4n) is 2.53. The summed E-state index contributed by atoms with van der Waals surface area (Å²) in [6.45, 7) is 3.16. The molecule has 0 saturated heterocycles. The maximum Gasteiger partial charge on any atom is 0.251 e. The third kappa shape index (κ3) is 3.94. The molecule has 3 rings (SSSR count). The molecule has 2 aromatic rings. The summed E-state index contributed by atoms with van der Waals surface area (Å²) in [5.74, 6) is -0.691.